The second-order valence-electron chi connectivity index (χ2n) is 6.45. The van der Waals surface area contributed by atoms with Gasteiger partial charge in [-0.3, -0.25) is 4.79 Å². The molecule has 1 aliphatic carbocycles. The Bertz CT molecular complexity index is 677. The van der Waals surface area contributed by atoms with E-state index in [-0.39, 0.29) is 11.9 Å². The largest absolute Gasteiger partial charge is 0.383 e. The summed E-state index contributed by atoms with van der Waals surface area (Å²) < 4.78 is 1.54. The zero-order valence-electron chi connectivity index (χ0n) is 13.4. The van der Waals surface area contributed by atoms with Crippen molar-refractivity contribution in [2.45, 2.75) is 50.8 Å². The highest BCUT2D eigenvalue weighted by molar-refractivity contribution is 5.83. The molecule has 1 fully saturated rings. The van der Waals surface area contributed by atoms with Crippen molar-refractivity contribution >= 4 is 5.91 Å². The molecule has 2 aromatic rings. The summed E-state index contributed by atoms with van der Waals surface area (Å²) in [5, 5.41) is 21.6. The predicted molar refractivity (Wildman–Crippen MR) is 85.6 cm³/mol. The summed E-state index contributed by atoms with van der Waals surface area (Å²) in [4.78, 5) is 12.6. The molecule has 0 radical (unpaired) electrons. The van der Waals surface area contributed by atoms with E-state index in [1.54, 1.807) is 10.9 Å². The number of nitrogens with zero attached hydrogens (tertiary/aromatic N) is 3. The van der Waals surface area contributed by atoms with E-state index in [0.717, 1.165) is 12.0 Å². The van der Waals surface area contributed by atoms with Crippen LogP contribution in [0.1, 0.15) is 50.4 Å². The first-order valence-electron chi connectivity index (χ1n) is 7.99. The van der Waals surface area contributed by atoms with Crippen molar-refractivity contribution in [1.82, 2.24) is 20.3 Å². The Hall–Kier alpha value is -2.21. The Morgan fingerprint density at radius 1 is 1.30 bits per heavy atom. The summed E-state index contributed by atoms with van der Waals surface area (Å²) >= 11 is 0. The van der Waals surface area contributed by atoms with Crippen LogP contribution in [0.15, 0.2) is 36.5 Å². The van der Waals surface area contributed by atoms with E-state index in [4.69, 9.17) is 0 Å². The molecule has 6 nitrogen and oxygen atoms in total. The van der Waals surface area contributed by atoms with Gasteiger partial charge in [-0.05, 0) is 38.7 Å². The van der Waals surface area contributed by atoms with Gasteiger partial charge in [-0.25, -0.2) is 4.68 Å². The number of amides is 1. The third-order valence-corrected chi connectivity index (χ3v) is 4.23. The molecule has 122 valence electrons. The number of aliphatic hydroxyl groups is 1. The van der Waals surface area contributed by atoms with Crippen LogP contribution < -0.4 is 5.32 Å². The summed E-state index contributed by atoms with van der Waals surface area (Å²) in [5.74, 6) is -0.136. The third kappa shape index (κ3) is 3.12. The van der Waals surface area contributed by atoms with Gasteiger partial charge in [-0.2, -0.15) is 0 Å². The van der Waals surface area contributed by atoms with Gasteiger partial charge in [0.15, 0.2) is 6.04 Å². The van der Waals surface area contributed by atoms with Crippen molar-refractivity contribution in [2.75, 3.05) is 0 Å². The maximum Gasteiger partial charge on any atom is 0.249 e. The molecule has 23 heavy (non-hydrogen) atoms. The molecule has 1 atom stereocenters. The van der Waals surface area contributed by atoms with Crippen LogP contribution in [0.25, 0.3) is 0 Å². The number of hydrogen-bond acceptors (Lipinski definition) is 4. The van der Waals surface area contributed by atoms with Crippen molar-refractivity contribution in [3.8, 4) is 0 Å². The molecule has 6 heteroatoms. The average Bonchev–Trinajstić information content (AvgIpc) is 2.95. The van der Waals surface area contributed by atoms with Crippen LogP contribution >= 0.6 is 0 Å². The molecule has 0 spiro atoms. The number of rotatable bonds is 5. The summed E-state index contributed by atoms with van der Waals surface area (Å²) in [6, 6.07) is 8.92. The van der Waals surface area contributed by atoms with Gasteiger partial charge in [-0.1, -0.05) is 35.5 Å². The van der Waals surface area contributed by atoms with Crippen LogP contribution in [0.4, 0.5) is 0 Å². The molecule has 1 heterocycles. The Balaban J connectivity index is 1.93. The summed E-state index contributed by atoms with van der Waals surface area (Å²) in [6.07, 6.45) is 4.07. The minimum atomic E-state index is -0.881. The van der Waals surface area contributed by atoms with Gasteiger partial charge >= 0.3 is 0 Å². The maximum absolute atomic E-state index is 12.6. The molecule has 0 saturated heterocycles. The molecule has 1 unspecified atom stereocenters. The van der Waals surface area contributed by atoms with Crippen LogP contribution in [0.2, 0.25) is 0 Å². The minimum absolute atomic E-state index is 0.0347. The second-order valence-corrected chi connectivity index (χ2v) is 6.45. The second kappa shape index (κ2) is 6.12. The molecule has 1 aliphatic rings. The van der Waals surface area contributed by atoms with Gasteiger partial charge < -0.3 is 10.4 Å². The summed E-state index contributed by atoms with van der Waals surface area (Å²) in [5.41, 5.74) is 0.498. The first-order valence-corrected chi connectivity index (χ1v) is 7.99. The van der Waals surface area contributed by atoms with E-state index in [1.165, 1.54) is 0 Å². The van der Waals surface area contributed by atoms with Crippen molar-refractivity contribution in [3.05, 3.63) is 47.8 Å². The maximum atomic E-state index is 12.6. The number of carbonyl (C=O) groups excluding carboxylic acids is 1. The molecule has 0 bridgehead atoms. The molecule has 1 saturated carbocycles. The van der Waals surface area contributed by atoms with Gasteiger partial charge in [0, 0.05) is 6.04 Å². The zero-order valence-corrected chi connectivity index (χ0v) is 13.4. The first-order chi connectivity index (χ1) is 11.0. The molecule has 1 aromatic heterocycles. The lowest BCUT2D eigenvalue weighted by atomic mass is 9.78. The van der Waals surface area contributed by atoms with Crippen molar-refractivity contribution in [3.63, 3.8) is 0 Å². The van der Waals surface area contributed by atoms with E-state index in [0.29, 0.717) is 18.5 Å². The fraction of sp³-hybridized carbons (Fsp3) is 0.471. The van der Waals surface area contributed by atoms with E-state index in [9.17, 15) is 9.90 Å². The van der Waals surface area contributed by atoms with E-state index >= 15 is 0 Å². The highest BCUT2D eigenvalue weighted by Gasteiger charge is 2.39. The fourth-order valence-corrected chi connectivity index (χ4v) is 2.81. The lowest BCUT2D eigenvalue weighted by Gasteiger charge is -2.34. The molecular weight excluding hydrogens is 292 g/mol. The quantitative estimate of drug-likeness (QED) is 0.881. The van der Waals surface area contributed by atoms with Crippen LogP contribution in [-0.2, 0) is 10.4 Å². The number of hydrogen-bond donors (Lipinski definition) is 2. The van der Waals surface area contributed by atoms with Gasteiger partial charge in [-0.15, -0.1) is 5.10 Å². The van der Waals surface area contributed by atoms with E-state index in [2.05, 4.69) is 15.6 Å². The van der Waals surface area contributed by atoms with Crippen LogP contribution in [0, 0.1) is 0 Å². The normalized spacial score (nSPS) is 17.6. The van der Waals surface area contributed by atoms with Crippen LogP contribution in [0.5, 0.6) is 0 Å². The smallest absolute Gasteiger partial charge is 0.249 e. The molecule has 1 aromatic carbocycles. The molecular formula is C17H22N4O2. The third-order valence-electron chi connectivity index (χ3n) is 4.23. The summed E-state index contributed by atoms with van der Waals surface area (Å²) in [7, 11) is 0. The number of nitrogens with one attached hydrogen (secondary N) is 1. The molecule has 0 aliphatic heterocycles. The Morgan fingerprint density at radius 2 is 2.00 bits per heavy atom. The highest BCUT2D eigenvalue weighted by atomic mass is 16.3. The molecule has 3 rings (SSSR count). The number of aromatic nitrogens is 3. The van der Waals surface area contributed by atoms with Gasteiger partial charge in [0.1, 0.15) is 11.3 Å². The van der Waals surface area contributed by atoms with Crippen molar-refractivity contribution < 1.29 is 9.90 Å². The molecule has 1 amide bonds. The predicted octanol–water partition coefficient (Wildman–Crippen LogP) is 1.76. The lowest BCUT2D eigenvalue weighted by Crippen LogP contribution is -2.37. The monoisotopic (exact) mass is 314 g/mol. The van der Waals surface area contributed by atoms with Crippen LogP contribution in [0.3, 0.4) is 0 Å². The zero-order chi connectivity index (χ0) is 16.4. The fourth-order valence-electron chi connectivity index (χ4n) is 2.81. The van der Waals surface area contributed by atoms with Gasteiger partial charge in [0.05, 0.1) is 6.20 Å². The topological polar surface area (TPSA) is 80.0 Å². The van der Waals surface area contributed by atoms with Gasteiger partial charge in [0.25, 0.3) is 0 Å². The minimum Gasteiger partial charge on any atom is -0.383 e. The highest BCUT2D eigenvalue weighted by Crippen LogP contribution is 2.40. The van der Waals surface area contributed by atoms with Gasteiger partial charge in [0.2, 0.25) is 5.91 Å². The Kier molecular flexibility index (Phi) is 4.17. The van der Waals surface area contributed by atoms with Crippen molar-refractivity contribution in [2.24, 2.45) is 0 Å². The van der Waals surface area contributed by atoms with E-state index < -0.39 is 11.6 Å². The summed E-state index contributed by atoms with van der Waals surface area (Å²) in [6.45, 7) is 3.84. The van der Waals surface area contributed by atoms with Crippen LogP contribution in [-0.4, -0.2) is 32.0 Å². The number of benzene rings is 1. The first kappa shape index (κ1) is 15.7. The Labute approximate surface area is 135 Å². The van der Waals surface area contributed by atoms with E-state index in [1.807, 2.05) is 44.2 Å². The Morgan fingerprint density at radius 3 is 2.57 bits per heavy atom. The lowest BCUT2D eigenvalue weighted by molar-refractivity contribution is -0.124. The molecule has 2 N–H and O–H groups in total. The van der Waals surface area contributed by atoms with Crippen molar-refractivity contribution in [1.29, 1.82) is 0 Å². The standard InChI is InChI=1S/C17H22N4O2/c1-12(2)18-16(22)15(13-7-4-3-5-8-13)21-11-14(19-20-21)17(23)9-6-10-17/h3-5,7-8,11-12,15,23H,6,9-10H2,1-2H3,(H,18,22). The SMILES string of the molecule is CC(C)NC(=O)C(c1ccccc1)n1cc(C2(O)CCC2)nn1. The average molecular weight is 314 g/mol. The number of carbonyl (C=O) groups is 1.